The maximum atomic E-state index is 12.4. The number of nitrogens with zero attached hydrogens (tertiary/aromatic N) is 1. The van der Waals surface area contributed by atoms with Crippen LogP contribution in [0.2, 0.25) is 0 Å². The van der Waals surface area contributed by atoms with Crippen molar-refractivity contribution in [1.82, 2.24) is 4.31 Å². The quantitative estimate of drug-likeness (QED) is 0.805. The molecule has 1 aliphatic carbocycles. The summed E-state index contributed by atoms with van der Waals surface area (Å²) in [7, 11) is -1.54. The zero-order valence-electron chi connectivity index (χ0n) is 13.1. The number of ether oxygens (including phenoxy) is 2. The monoisotopic (exact) mass is 325 g/mol. The molecule has 122 valence electrons. The third-order valence-electron chi connectivity index (χ3n) is 4.84. The highest BCUT2D eigenvalue weighted by Crippen LogP contribution is 2.44. The van der Waals surface area contributed by atoms with Crippen molar-refractivity contribution in [3.63, 3.8) is 0 Å². The van der Waals surface area contributed by atoms with E-state index >= 15 is 0 Å². The summed E-state index contributed by atoms with van der Waals surface area (Å²) < 4.78 is 37.4. The Morgan fingerprint density at radius 1 is 1.18 bits per heavy atom. The highest BCUT2D eigenvalue weighted by atomic mass is 32.2. The number of hydrogen-bond acceptors (Lipinski definition) is 4. The lowest BCUT2D eigenvalue weighted by Gasteiger charge is -2.33. The van der Waals surface area contributed by atoms with E-state index < -0.39 is 10.0 Å². The Hall–Kier alpha value is -1.27. The van der Waals surface area contributed by atoms with Crippen LogP contribution in [0.25, 0.3) is 0 Å². The molecule has 0 unspecified atom stereocenters. The van der Waals surface area contributed by atoms with E-state index in [1.54, 1.807) is 18.3 Å². The van der Waals surface area contributed by atoms with Crippen LogP contribution in [-0.4, -0.2) is 44.3 Å². The van der Waals surface area contributed by atoms with Gasteiger partial charge in [0.05, 0.1) is 18.9 Å². The maximum absolute atomic E-state index is 12.4. The normalized spacial score (nSPS) is 28.0. The first-order valence-electron chi connectivity index (χ1n) is 7.83. The number of rotatable bonds is 6. The molecule has 1 aromatic carbocycles. The van der Waals surface area contributed by atoms with Gasteiger partial charge in [-0.25, -0.2) is 8.42 Å². The van der Waals surface area contributed by atoms with Crippen LogP contribution >= 0.6 is 0 Å². The van der Waals surface area contributed by atoms with Gasteiger partial charge in [0.25, 0.3) is 0 Å². The second-order valence-electron chi connectivity index (χ2n) is 6.01. The van der Waals surface area contributed by atoms with Crippen LogP contribution in [0.5, 0.6) is 11.5 Å². The molecule has 0 radical (unpaired) electrons. The molecule has 2 bridgehead atoms. The molecule has 1 saturated carbocycles. The standard InChI is InChI=1S/C16H23NO4S/c1-3-22(18,19)17-13-5-4-12(10-13)16(17)11-21-15-8-6-14(20-2)7-9-15/h6-9,12-13,16H,3-5,10-11H2,1-2H3/t12-,13-,16+/m0/s1. The number of sulfonamides is 1. The minimum absolute atomic E-state index is 0.0224. The van der Waals surface area contributed by atoms with Gasteiger partial charge in [-0.3, -0.25) is 0 Å². The molecule has 0 amide bonds. The third kappa shape index (κ3) is 2.82. The summed E-state index contributed by atoms with van der Waals surface area (Å²) in [5.41, 5.74) is 0. The maximum Gasteiger partial charge on any atom is 0.214 e. The van der Waals surface area contributed by atoms with E-state index in [9.17, 15) is 8.42 Å². The lowest BCUT2D eigenvalue weighted by Crippen LogP contribution is -2.48. The lowest BCUT2D eigenvalue weighted by atomic mass is 10.0. The fraction of sp³-hybridized carbons (Fsp3) is 0.625. The van der Waals surface area contributed by atoms with Gasteiger partial charge in [-0.2, -0.15) is 4.31 Å². The van der Waals surface area contributed by atoms with Crippen molar-refractivity contribution in [3.8, 4) is 11.5 Å². The molecule has 0 aromatic heterocycles. The molecule has 2 fully saturated rings. The second kappa shape index (κ2) is 6.08. The largest absolute Gasteiger partial charge is 0.497 e. The van der Waals surface area contributed by atoms with E-state index in [0.717, 1.165) is 30.8 Å². The van der Waals surface area contributed by atoms with Crippen molar-refractivity contribution in [2.75, 3.05) is 19.5 Å². The number of benzene rings is 1. The van der Waals surface area contributed by atoms with Gasteiger partial charge >= 0.3 is 0 Å². The van der Waals surface area contributed by atoms with Crippen LogP contribution in [0.3, 0.4) is 0 Å². The zero-order chi connectivity index (χ0) is 15.7. The first-order valence-corrected chi connectivity index (χ1v) is 9.44. The van der Waals surface area contributed by atoms with Crippen molar-refractivity contribution < 1.29 is 17.9 Å². The third-order valence-corrected chi connectivity index (χ3v) is 6.78. The van der Waals surface area contributed by atoms with Crippen molar-refractivity contribution in [2.24, 2.45) is 5.92 Å². The Labute approximate surface area is 132 Å². The molecular weight excluding hydrogens is 302 g/mol. The average molecular weight is 325 g/mol. The first kappa shape index (κ1) is 15.6. The highest BCUT2D eigenvalue weighted by Gasteiger charge is 2.50. The lowest BCUT2D eigenvalue weighted by molar-refractivity contribution is 0.162. The van der Waals surface area contributed by atoms with Crippen molar-refractivity contribution in [1.29, 1.82) is 0 Å². The van der Waals surface area contributed by atoms with Gasteiger partial charge in [-0.1, -0.05) is 0 Å². The van der Waals surface area contributed by atoms with Crippen LogP contribution in [0.15, 0.2) is 24.3 Å². The molecule has 1 aliphatic heterocycles. The SMILES string of the molecule is CCS(=O)(=O)N1[C@H]2CC[C@@H](C2)[C@H]1COc1ccc(OC)cc1. The minimum Gasteiger partial charge on any atom is -0.497 e. The summed E-state index contributed by atoms with van der Waals surface area (Å²) in [5.74, 6) is 2.12. The summed E-state index contributed by atoms with van der Waals surface area (Å²) in [6, 6.07) is 7.55. The molecule has 3 rings (SSSR count). The van der Waals surface area contributed by atoms with Gasteiger partial charge in [0, 0.05) is 6.04 Å². The molecule has 0 spiro atoms. The van der Waals surface area contributed by atoms with Gasteiger partial charge in [0.15, 0.2) is 0 Å². The van der Waals surface area contributed by atoms with Crippen molar-refractivity contribution >= 4 is 10.0 Å². The number of fused-ring (bicyclic) bond motifs is 2. The Kier molecular flexibility index (Phi) is 4.32. The number of piperidine rings is 1. The first-order chi connectivity index (χ1) is 10.5. The van der Waals surface area contributed by atoms with Gasteiger partial charge in [0.1, 0.15) is 18.1 Å². The Bertz CT molecular complexity index is 614. The number of hydrogen-bond donors (Lipinski definition) is 0. The van der Waals surface area contributed by atoms with E-state index in [-0.39, 0.29) is 17.8 Å². The summed E-state index contributed by atoms with van der Waals surface area (Å²) in [6.45, 7) is 2.13. The summed E-state index contributed by atoms with van der Waals surface area (Å²) in [6.07, 6.45) is 3.08. The summed E-state index contributed by atoms with van der Waals surface area (Å²) in [4.78, 5) is 0. The van der Waals surface area contributed by atoms with Gasteiger partial charge in [-0.05, 0) is 56.4 Å². The van der Waals surface area contributed by atoms with Gasteiger partial charge in [-0.15, -0.1) is 0 Å². The molecule has 2 aliphatic rings. The molecule has 6 heteroatoms. The molecule has 1 saturated heterocycles. The van der Waals surface area contributed by atoms with Crippen molar-refractivity contribution in [3.05, 3.63) is 24.3 Å². The Morgan fingerprint density at radius 3 is 2.50 bits per heavy atom. The molecule has 1 aromatic rings. The summed E-state index contributed by atoms with van der Waals surface area (Å²) in [5, 5.41) is 0. The van der Waals surface area contributed by atoms with Crippen LogP contribution in [0.4, 0.5) is 0 Å². The van der Waals surface area contributed by atoms with Gasteiger partial charge < -0.3 is 9.47 Å². The molecule has 22 heavy (non-hydrogen) atoms. The molecule has 1 heterocycles. The fourth-order valence-corrected chi connectivity index (χ4v) is 5.29. The van der Waals surface area contributed by atoms with E-state index in [2.05, 4.69) is 0 Å². The summed E-state index contributed by atoms with van der Waals surface area (Å²) >= 11 is 0. The molecule has 3 atom stereocenters. The zero-order valence-corrected chi connectivity index (χ0v) is 13.9. The topological polar surface area (TPSA) is 55.8 Å². The van der Waals surface area contributed by atoms with Crippen LogP contribution in [0, 0.1) is 5.92 Å². The van der Waals surface area contributed by atoms with Crippen molar-refractivity contribution in [2.45, 2.75) is 38.3 Å². The van der Waals surface area contributed by atoms with Gasteiger partial charge in [0.2, 0.25) is 10.0 Å². The average Bonchev–Trinajstić information content (AvgIpc) is 3.14. The molecule has 0 N–H and O–H groups in total. The minimum atomic E-state index is -3.16. The number of methoxy groups -OCH3 is 1. The smallest absolute Gasteiger partial charge is 0.214 e. The van der Waals surface area contributed by atoms with Crippen LogP contribution in [0.1, 0.15) is 26.2 Å². The van der Waals surface area contributed by atoms with E-state index in [1.165, 1.54) is 0 Å². The van der Waals surface area contributed by atoms with E-state index in [4.69, 9.17) is 9.47 Å². The predicted molar refractivity (Wildman–Crippen MR) is 84.7 cm³/mol. The molecule has 5 nitrogen and oxygen atoms in total. The fourth-order valence-electron chi connectivity index (χ4n) is 3.70. The van der Waals surface area contributed by atoms with E-state index in [1.807, 2.05) is 24.3 Å². The second-order valence-corrected chi connectivity index (χ2v) is 8.17. The van der Waals surface area contributed by atoms with Crippen LogP contribution in [-0.2, 0) is 10.0 Å². The Balaban J connectivity index is 1.70. The van der Waals surface area contributed by atoms with Crippen LogP contribution < -0.4 is 9.47 Å². The Morgan fingerprint density at radius 2 is 1.86 bits per heavy atom. The highest BCUT2D eigenvalue weighted by molar-refractivity contribution is 7.89. The van der Waals surface area contributed by atoms with E-state index in [0.29, 0.717) is 12.5 Å². The predicted octanol–water partition coefficient (Wildman–Crippen LogP) is 2.28. The molecular formula is C16H23NO4S.